The van der Waals surface area contributed by atoms with Gasteiger partial charge in [0, 0.05) is 13.2 Å². The Labute approximate surface area is 108 Å². The van der Waals surface area contributed by atoms with Gasteiger partial charge in [-0.3, -0.25) is 4.79 Å². The van der Waals surface area contributed by atoms with Crippen LogP contribution in [-0.2, 0) is 9.47 Å². The minimum Gasteiger partial charge on any atom is -0.351 e. The van der Waals surface area contributed by atoms with Crippen LogP contribution in [-0.4, -0.2) is 42.2 Å². The molecule has 0 spiro atoms. The lowest BCUT2D eigenvalue weighted by molar-refractivity contribution is -0.131. The summed E-state index contributed by atoms with van der Waals surface area (Å²) in [6.45, 7) is 5.02. The minimum absolute atomic E-state index is 0.224. The average Bonchev–Trinajstić information content (AvgIpc) is 2.73. The molecule has 1 aromatic rings. The third-order valence-corrected chi connectivity index (χ3v) is 2.75. The van der Waals surface area contributed by atoms with E-state index >= 15 is 0 Å². The summed E-state index contributed by atoms with van der Waals surface area (Å²) in [5.41, 5.74) is 0. The van der Waals surface area contributed by atoms with Gasteiger partial charge >= 0.3 is 0 Å². The zero-order valence-electron chi connectivity index (χ0n) is 9.60. The lowest BCUT2D eigenvalue weighted by atomic mass is 10.5. The number of rotatable bonds is 7. The van der Waals surface area contributed by atoms with Crippen LogP contribution in [0.3, 0.4) is 0 Å². The van der Waals surface area contributed by atoms with Gasteiger partial charge in [0.1, 0.15) is 0 Å². The molecule has 1 aromatic heterocycles. The van der Waals surface area contributed by atoms with Crippen LogP contribution < -0.4 is 5.32 Å². The number of hydrogen-bond donors (Lipinski definition) is 1. The van der Waals surface area contributed by atoms with E-state index in [0.29, 0.717) is 13.2 Å². The number of halogens is 1. The van der Waals surface area contributed by atoms with Gasteiger partial charge < -0.3 is 14.8 Å². The highest BCUT2D eigenvalue weighted by molar-refractivity contribution is 7.17. The predicted molar refractivity (Wildman–Crippen MR) is 64.3 cm³/mol. The molecule has 0 aliphatic heterocycles. The second-order valence-corrected chi connectivity index (χ2v) is 4.47. The maximum atomic E-state index is 11.6. The molecule has 0 unspecified atom stereocenters. The molecule has 0 aliphatic rings. The number of amides is 1. The first-order chi connectivity index (χ1) is 8.17. The van der Waals surface area contributed by atoms with Gasteiger partial charge in [-0.15, -0.1) is 10.2 Å². The second-order valence-electron chi connectivity index (χ2n) is 2.91. The molecule has 96 valence electrons. The van der Waals surface area contributed by atoms with Gasteiger partial charge in [0.15, 0.2) is 6.29 Å². The van der Waals surface area contributed by atoms with Crippen LogP contribution in [0.5, 0.6) is 0 Å². The maximum Gasteiger partial charge on any atom is 0.282 e. The Bertz CT molecular complexity index is 355. The molecule has 0 atom stereocenters. The Morgan fingerprint density at radius 3 is 2.53 bits per heavy atom. The maximum absolute atomic E-state index is 11.6. The number of nitrogens with one attached hydrogen (secondary N) is 1. The number of nitrogens with zero attached hydrogens (tertiary/aromatic N) is 2. The van der Waals surface area contributed by atoms with E-state index in [1.54, 1.807) is 0 Å². The SMILES string of the molecule is CCOC(CNC(=O)c1nnc(Cl)s1)OCC. The Morgan fingerprint density at radius 1 is 1.41 bits per heavy atom. The molecule has 17 heavy (non-hydrogen) atoms. The van der Waals surface area contributed by atoms with Gasteiger partial charge in [-0.1, -0.05) is 11.3 Å². The van der Waals surface area contributed by atoms with Crippen molar-refractivity contribution in [2.45, 2.75) is 20.1 Å². The first-order valence-corrected chi connectivity index (χ1v) is 6.37. The average molecular weight is 280 g/mol. The number of carbonyl (C=O) groups is 1. The van der Waals surface area contributed by atoms with E-state index in [4.69, 9.17) is 21.1 Å². The Balaban J connectivity index is 2.40. The third kappa shape index (κ3) is 4.95. The molecule has 1 N–H and O–H groups in total. The molecular formula is C9H14ClN3O3S. The standard InChI is InChI=1S/C9H14ClN3O3S/c1-3-15-6(16-4-2)5-11-7(14)8-12-13-9(10)17-8/h6H,3-5H2,1-2H3,(H,11,14). The van der Waals surface area contributed by atoms with Crippen molar-refractivity contribution in [1.29, 1.82) is 0 Å². The summed E-state index contributed by atoms with van der Waals surface area (Å²) in [4.78, 5) is 11.6. The molecule has 0 aromatic carbocycles. The Hall–Kier alpha value is -0.760. The molecule has 0 aliphatic carbocycles. The van der Waals surface area contributed by atoms with Gasteiger partial charge in [-0.05, 0) is 25.4 Å². The first kappa shape index (κ1) is 14.3. The van der Waals surface area contributed by atoms with Gasteiger partial charge in [0.2, 0.25) is 9.47 Å². The lowest BCUT2D eigenvalue weighted by Gasteiger charge is -2.16. The van der Waals surface area contributed by atoms with E-state index in [9.17, 15) is 4.79 Å². The fourth-order valence-corrected chi connectivity index (χ4v) is 1.83. The third-order valence-electron chi connectivity index (χ3n) is 1.73. The zero-order valence-corrected chi connectivity index (χ0v) is 11.2. The van der Waals surface area contributed by atoms with E-state index < -0.39 is 6.29 Å². The van der Waals surface area contributed by atoms with Crippen LogP contribution in [0.25, 0.3) is 0 Å². The molecule has 0 radical (unpaired) electrons. The highest BCUT2D eigenvalue weighted by Gasteiger charge is 2.14. The van der Waals surface area contributed by atoms with Crippen LogP contribution in [0.4, 0.5) is 0 Å². The van der Waals surface area contributed by atoms with Crippen molar-refractivity contribution in [3.63, 3.8) is 0 Å². The van der Waals surface area contributed by atoms with E-state index in [1.807, 2.05) is 13.8 Å². The topological polar surface area (TPSA) is 73.3 Å². The first-order valence-electron chi connectivity index (χ1n) is 5.17. The van der Waals surface area contributed by atoms with Crippen molar-refractivity contribution in [1.82, 2.24) is 15.5 Å². The van der Waals surface area contributed by atoms with Gasteiger partial charge in [0.25, 0.3) is 5.91 Å². The summed E-state index contributed by atoms with van der Waals surface area (Å²) in [5.74, 6) is -0.334. The molecule has 0 bridgehead atoms. The van der Waals surface area contributed by atoms with Crippen molar-refractivity contribution in [3.05, 3.63) is 9.47 Å². The molecule has 1 heterocycles. The van der Waals surface area contributed by atoms with E-state index in [2.05, 4.69) is 15.5 Å². The summed E-state index contributed by atoms with van der Waals surface area (Å²) >= 11 is 6.61. The summed E-state index contributed by atoms with van der Waals surface area (Å²) in [6.07, 6.45) is -0.447. The van der Waals surface area contributed by atoms with E-state index in [0.717, 1.165) is 11.3 Å². The summed E-state index contributed by atoms with van der Waals surface area (Å²) < 4.78 is 10.8. The number of carbonyl (C=O) groups excluding carboxylic acids is 1. The molecule has 1 rings (SSSR count). The summed E-state index contributed by atoms with van der Waals surface area (Å²) in [5, 5.41) is 10.0. The predicted octanol–water partition coefficient (Wildman–Crippen LogP) is 1.32. The smallest absolute Gasteiger partial charge is 0.282 e. The summed E-state index contributed by atoms with van der Waals surface area (Å²) in [7, 11) is 0. The minimum atomic E-state index is -0.447. The van der Waals surface area contributed by atoms with Crippen molar-refractivity contribution in [2.75, 3.05) is 19.8 Å². The highest BCUT2D eigenvalue weighted by Crippen LogP contribution is 2.14. The lowest BCUT2D eigenvalue weighted by Crippen LogP contribution is -2.35. The normalized spacial score (nSPS) is 10.8. The largest absolute Gasteiger partial charge is 0.351 e. The molecule has 0 saturated heterocycles. The molecule has 8 heteroatoms. The van der Waals surface area contributed by atoms with E-state index in [-0.39, 0.29) is 21.9 Å². The quantitative estimate of drug-likeness (QED) is 0.762. The number of aromatic nitrogens is 2. The Kier molecular flexibility index (Phi) is 6.35. The van der Waals surface area contributed by atoms with Crippen molar-refractivity contribution in [3.8, 4) is 0 Å². The molecule has 0 fully saturated rings. The van der Waals surface area contributed by atoms with Crippen molar-refractivity contribution >= 4 is 28.8 Å². The molecular weight excluding hydrogens is 266 g/mol. The summed E-state index contributed by atoms with van der Waals surface area (Å²) in [6, 6.07) is 0. The van der Waals surface area contributed by atoms with E-state index in [1.165, 1.54) is 0 Å². The number of hydrogen-bond acceptors (Lipinski definition) is 6. The monoisotopic (exact) mass is 279 g/mol. The van der Waals surface area contributed by atoms with Crippen molar-refractivity contribution in [2.24, 2.45) is 0 Å². The molecule has 0 saturated carbocycles. The second kappa shape index (κ2) is 7.54. The van der Waals surface area contributed by atoms with Crippen molar-refractivity contribution < 1.29 is 14.3 Å². The van der Waals surface area contributed by atoms with Gasteiger partial charge in [-0.2, -0.15) is 0 Å². The van der Waals surface area contributed by atoms with Crippen LogP contribution in [0.1, 0.15) is 23.6 Å². The van der Waals surface area contributed by atoms with Crippen LogP contribution in [0.2, 0.25) is 4.47 Å². The van der Waals surface area contributed by atoms with Crippen LogP contribution in [0.15, 0.2) is 0 Å². The zero-order chi connectivity index (χ0) is 12.7. The Morgan fingerprint density at radius 2 is 2.06 bits per heavy atom. The van der Waals surface area contributed by atoms with Crippen LogP contribution >= 0.6 is 22.9 Å². The highest BCUT2D eigenvalue weighted by atomic mass is 35.5. The fourth-order valence-electron chi connectivity index (χ4n) is 1.09. The fraction of sp³-hybridized carbons (Fsp3) is 0.667. The van der Waals surface area contributed by atoms with Crippen LogP contribution in [0, 0.1) is 0 Å². The number of ether oxygens (including phenoxy) is 2. The molecule has 6 nitrogen and oxygen atoms in total. The van der Waals surface area contributed by atoms with Gasteiger partial charge in [0.05, 0.1) is 6.54 Å². The van der Waals surface area contributed by atoms with Gasteiger partial charge in [-0.25, -0.2) is 0 Å². The molecule has 1 amide bonds.